The zero-order valence-corrected chi connectivity index (χ0v) is 18.3. The lowest BCUT2D eigenvalue weighted by Gasteiger charge is -2.41. The lowest BCUT2D eigenvalue weighted by atomic mass is 10.0. The molecule has 2 rings (SSSR count). The van der Waals surface area contributed by atoms with Gasteiger partial charge in [-0.1, -0.05) is 12.1 Å². The molecule has 0 atom stereocenters. The molecule has 9 heteroatoms. The normalized spacial score (nSPS) is 16.0. The number of nitrogens with zero attached hydrogens (tertiary/aromatic N) is 2. The second kappa shape index (κ2) is 11.6. The van der Waals surface area contributed by atoms with Crippen molar-refractivity contribution in [1.82, 2.24) is 15.5 Å². The molecule has 0 saturated carbocycles. The summed E-state index contributed by atoms with van der Waals surface area (Å²) in [5.41, 5.74) is 0.797. The first kappa shape index (κ1) is 23.8. The van der Waals surface area contributed by atoms with Crippen LogP contribution in [0.4, 0.5) is 8.78 Å². The van der Waals surface area contributed by atoms with Crippen molar-refractivity contribution in [2.75, 3.05) is 39.9 Å². The molecule has 0 unspecified atom stereocenters. The minimum absolute atomic E-state index is 0. The Hall–Kier alpha value is -1.20. The number of benzene rings is 1. The molecule has 0 radical (unpaired) electrons. The van der Waals surface area contributed by atoms with Gasteiger partial charge in [0.25, 0.3) is 0 Å². The topological polar surface area (TPSA) is 58.1 Å². The van der Waals surface area contributed by atoms with E-state index in [0.717, 1.165) is 38.4 Å². The van der Waals surface area contributed by atoms with Gasteiger partial charge in [-0.05, 0) is 31.5 Å². The van der Waals surface area contributed by atoms with Gasteiger partial charge >= 0.3 is 6.61 Å². The first-order chi connectivity index (χ1) is 12.4. The van der Waals surface area contributed by atoms with E-state index >= 15 is 0 Å². The number of hydrogen-bond donors (Lipinski definition) is 2. The van der Waals surface area contributed by atoms with Crippen LogP contribution in [0.3, 0.4) is 0 Å². The molecule has 6 nitrogen and oxygen atoms in total. The van der Waals surface area contributed by atoms with Gasteiger partial charge in [0, 0.05) is 38.8 Å². The van der Waals surface area contributed by atoms with E-state index in [4.69, 9.17) is 4.74 Å². The van der Waals surface area contributed by atoms with Crippen LogP contribution < -0.4 is 15.4 Å². The van der Waals surface area contributed by atoms with E-state index in [9.17, 15) is 8.78 Å². The number of rotatable bonds is 7. The summed E-state index contributed by atoms with van der Waals surface area (Å²) in [6, 6.07) is 6.63. The minimum atomic E-state index is -2.82. The van der Waals surface area contributed by atoms with Crippen LogP contribution in [0.25, 0.3) is 0 Å². The molecule has 0 aromatic heterocycles. The fraction of sp³-hybridized carbons (Fsp3) is 0.611. The number of halogens is 3. The zero-order chi connectivity index (χ0) is 19.0. The maximum Gasteiger partial charge on any atom is 0.387 e. The smallest absolute Gasteiger partial charge is 0.387 e. The third-order valence-corrected chi connectivity index (χ3v) is 4.36. The molecule has 0 aliphatic carbocycles. The zero-order valence-electron chi connectivity index (χ0n) is 16.0. The number of morpholine rings is 1. The summed E-state index contributed by atoms with van der Waals surface area (Å²) in [6.07, 6.45) is 0. The Morgan fingerprint density at radius 1 is 1.30 bits per heavy atom. The Kier molecular flexibility index (Phi) is 10.2. The molecule has 1 aromatic rings. The Labute approximate surface area is 176 Å². The molecule has 1 saturated heterocycles. The van der Waals surface area contributed by atoms with Crippen LogP contribution in [-0.2, 0) is 11.3 Å². The third kappa shape index (κ3) is 8.14. The number of guanidine groups is 1. The van der Waals surface area contributed by atoms with E-state index in [1.165, 1.54) is 6.07 Å². The predicted octanol–water partition coefficient (Wildman–Crippen LogP) is 2.68. The molecule has 0 bridgehead atoms. The number of nitrogens with one attached hydrogen (secondary N) is 2. The second-order valence-electron chi connectivity index (χ2n) is 6.72. The lowest BCUT2D eigenvalue weighted by molar-refractivity contribution is -0.0498. The highest BCUT2D eigenvalue weighted by molar-refractivity contribution is 14.0. The van der Waals surface area contributed by atoms with E-state index in [0.29, 0.717) is 12.5 Å². The Morgan fingerprint density at radius 2 is 2.00 bits per heavy atom. The van der Waals surface area contributed by atoms with Gasteiger partial charge in [-0.25, -0.2) is 0 Å². The van der Waals surface area contributed by atoms with Crippen molar-refractivity contribution < 1.29 is 18.3 Å². The molecule has 1 fully saturated rings. The van der Waals surface area contributed by atoms with Crippen LogP contribution in [0.5, 0.6) is 5.75 Å². The number of alkyl halides is 2. The van der Waals surface area contributed by atoms with Crippen molar-refractivity contribution in [3.8, 4) is 5.75 Å². The molecule has 0 spiro atoms. The van der Waals surface area contributed by atoms with Crippen molar-refractivity contribution >= 4 is 29.9 Å². The molecular weight excluding hydrogens is 469 g/mol. The number of aliphatic imine (C=N–C) groups is 1. The van der Waals surface area contributed by atoms with Gasteiger partial charge in [0.15, 0.2) is 5.96 Å². The van der Waals surface area contributed by atoms with E-state index < -0.39 is 6.61 Å². The number of hydrogen-bond acceptors (Lipinski definition) is 4. The van der Waals surface area contributed by atoms with Crippen LogP contribution >= 0.6 is 24.0 Å². The SMILES string of the molecule is CN=C(NCc1cccc(OC(F)F)c1)NCC(C)(C)N1CCOCC1.I. The molecular formula is C18H29F2IN4O2. The third-order valence-electron chi connectivity index (χ3n) is 4.36. The highest BCUT2D eigenvalue weighted by atomic mass is 127. The van der Waals surface area contributed by atoms with Crippen molar-refractivity contribution in [1.29, 1.82) is 0 Å². The summed E-state index contributed by atoms with van der Waals surface area (Å²) in [5.74, 6) is 0.808. The Morgan fingerprint density at radius 3 is 2.63 bits per heavy atom. The Balaban J connectivity index is 0.00000364. The van der Waals surface area contributed by atoms with Crippen LogP contribution in [0.2, 0.25) is 0 Å². The molecule has 1 aliphatic heterocycles. The highest BCUT2D eigenvalue weighted by Crippen LogP contribution is 2.16. The second-order valence-corrected chi connectivity index (χ2v) is 6.72. The minimum Gasteiger partial charge on any atom is -0.435 e. The maximum atomic E-state index is 12.3. The van der Waals surface area contributed by atoms with Crippen LogP contribution in [-0.4, -0.2) is 62.9 Å². The van der Waals surface area contributed by atoms with E-state index in [1.807, 2.05) is 6.07 Å². The van der Waals surface area contributed by atoms with Crippen LogP contribution in [0.1, 0.15) is 19.4 Å². The summed E-state index contributed by atoms with van der Waals surface area (Å²) in [4.78, 5) is 6.61. The molecule has 1 aliphatic rings. The van der Waals surface area contributed by atoms with Crippen molar-refractivity contribution in [2.24, 2.45) is 4.99 Å². The molecule has 1 heterocycles. The van der Waals surface area contributed by atoms with Crippen molar-refractivity contribution in [2.45, 2.75) is 32.5 Å². The largest absolute Gasteiger partial charge is 0.435 e. The first-order valence-corrected chi connectivity index (χ1v) is 8.72. The van der Waals surface area contributed by atoms with Crippen molar-refractivity contribution in [3.63, 3.8) is 0 Å². The average molecular weight is 498 g/mol. The van der Waals surface area contributed by atoms with E-state index in [1.54, 1.807) is 19.2 Å². The average Bonchev–Trinajstić information content (AvgIpc) is 2.62. The van der Waals surface area contributed by atoms with Gasteiger partial charge in [0.05, 0.1) is 13.2 Å². The summed E-state index contributed by atoms with van der Waals surface area (Å²) in [5, 5.41) is 6.52. The highest BCUT2D eigenvalue weighted by Gasteiger charge is 2.28. The van der Waals surface area contributed by atoms with Gasteiger partial charge < -0.3 is 20.1 Å². The first-order valence-electron chi connectivity index (χ1n) is 8.72. The van der Waals surface area contributed by atoms with E-state index in [2.05, 4.69) is 39.1 Å². The van der Waals surface area contributed by atoms with Gasteiger partial charge in [-0.15, -0.1) is 24.0 Å². The lowest BCUT2D eigenvalue weighted by Crippen LogP contribution is -2.56. The van der Waals surface area contributed by atoms with Crippen LogP contribution in [0, 0.1) is 0 Å². The summed E-state index contributed by atoms with van der Waals surface area (Å²) < 4.78 is 34.4. The standard InChI is InChI=1S/C18H28F2N4O2.HI/c1-18(2,24-7-9-25-10-8-24)13-23-17(21-3)22-12-14-5-4-6-15(11-14)26-16(19)20;/h4-6,11,16H,7-10,12-13H2,1-3H3,(H2,21,22,23);1H. The van der Waals surface area contributed by atoms with Crippen LogP contribution in [0.15, 0.2) is 29.3 Å². The predicted molar refractivity (Wildman–Crippen MR) is 113 cm³/mol. The molecule has 0 amide bonds. The summed E-state index contributed by atoms with van der Waals surface area (Å²) in [7, 11) is 1.70. The number of ether oxygens (including phenoxy) is 2. The van der Waals surface area contributed by atoms with Gasteiger partial charge in [0.2, 0.25) is 0 Å². The molecule has 1 aromatic carbocycles. The fourth-order valence-corrected chi connectivity index (χ4v) is 2.82. The molecule has 2 N–H and O–H groups in total. The quantitative estimate of drug-likeness (QED) is 0.344. The fourth-order valence-electron chi connectivity index (χ4n) is 2.82. The molecule has 27 heavy (non-hydrogen) atoms. The van der Waals surface area contributed by atoms with E-state index in [-0.39, 0.29) is 35.3 Å². The van der Waals surface area contributed by atoms with Crippen molar-refractivity contribution in [3.05, 3.63) is 29.8 Å². The Bertz CT molecular complexity index is 596. The maximum absolute atomic E-state index is 12.3. The summed E-state index contributed by atoms with van der Waals surface area (Å²) >= 11 is 0. The molecule has 154 valence electrons. The van der Waals surface area contributed by atoms with Gasteiger partial charge in [-0.3, -0.25) is 9.89 Å². The monoisotopic (exact) mass is 498 g/mol. The van der Waals surface area contributed by atoms with Gasteiger partial charge in [0.1, 0.15) is 5.75 Å². The summed E-state index contributed by atoms with van der Waals surface area (Å²) in [6.45, 7) is 6.07. The van der Waals surface area contributed by atoms with Gasteiger partial charge in [-0.2, -0.15) is 8.78 Å².